The molecule has 0 atom stereocenters. The molecule has 0 saturated heterocycles. The third-order valence-corrected chi connectivity index (χ3v) is 7.01. The molecule has 4 aromatic rings. The molecule has 0 N–H and O–H groups in total. The smallest absolute Gasteiger partial charge is 0.332 e. The molecule has 5 rings (SSSR count). The molecule has 3 heterocycles. The van der Waals surface area contributed by atoms with Crippen LogP contribution < -0.4 is 20.9 Å². The first-order valence-corrected chi connectivity index (χ1v) is 12.3. The van der Waals surface area contributed by atoms with Crippen LogP contribution >= 0.6 is 11.3 Å². The van der Waals surface area contributed by atoms with E-state index in [9.17, 15) is 14.4 Å². The fourth-order valence-corrected chi connectivity index (χ4v) is 5.32. The average molecular weight is 476 g/mol. The van der Waals surface area contributed by atoms with E-state index in [1.807, 2.05) is 55.5 Å². The van der Waals surface area contributed by atoms with Crippen LogP contribution in [-0.2, 0) is 24.3 Å². The second-order valence-electron chi connectivity index (χ2n) is 8.25. The fraction of sp³-hybridized carbons (Fsp3) is 0.269. The number of fused-ring (bicyclic) bond motifs is 2. The molecule has 2 aromatic heterocycles. The van der Waals surface area contributed by atoms with E-state index in [1.54, 1.807) is 16.3 Å². The largest absolute Gasteiger partial charge is 0.494 e. The molecular weight excluding hydrogens is 450 g/mol. The molecule has 8 heteroatoms. The zero-order valence-electron chi connectivity index (χ0n) is 18.9. The van der Waals surface area contributed by atoms with Gasteiger partial charge in [-0.1, -0.05) is 30.3 Å². The summed E-state index contributed by atoms with van der Waals surface area (Å²) in [5.41, 5.74) is 2.52. The molecule has 0 aliphatic carbocycles. The summed E-state index contributed by atoms with van der Waals surface area (Å²) in [6.07, 6.45) is 1.81. The highest BCUT2D eigenvalue weighted by atomic mass is 32.1. The van der Waals surface area contributed by atoms with E-state index < -0.39 is 5.69 Å². The van der Waals surface area contributed by atoms with Crippen LogP contribution in [0.15, 0.2) is 69.6 Å². The quantitative estimate of drug-likeness (QED) is 0.427. The predicted octanol–water partition coefficient (Wildman–Crippen LogP) is 3.65. The maximum Gasteiger partial charge on any atom is 0.332 e. The molecule has 1 aliphatic rings. The van der Waals surface area contributed by atoms with Crippen LogP contribution in [0.25, 0.3) is 10.2 Å². The molecule has 0 saturated carbocycles. The molecule has 1 amide bonds. The fourth-order valence-electron chi connectivity index (χ4n) is 4.48. The van der Waals surface area contributed by atoms with E-state index in [-0.39, 0.29) is 24.6 Å². The van der Waals surface area contributed by atoms with E-state index >= 15 is 0 Å². The molecule has 34 heavy (non-hydrogen) atoms. The first-order chi connectivity index (χ1) is 16.6. The van der Waals surface area contributed by atoms with Crippen LogP contribution in [0, 0.1) is 0 Å². The van der Waals surface area contributed by atoms with Gasteiger partial charge in [0.2, 0.25) is 5.91 Å². The topological polar surface area (TPSA) is 73.5 Å². The van der Waals surface area contributed by atoms with Crippen molar-refractivity contribution in [1.29, 1.82) is 0 Å². The number of nitrogens with zero attached hydrogens (tertiary/aromatic N) is 3. The summed E-state index contributed by atoms with van der Waals surface area (Å²) in [7, 11) is 0. The van der Waals surface area contributed by atoms with Gasteiger partial charge in [-0.3, -0.25) is 18.7 Å². The lowest BCUT2D eigenvalue weighted by Gasteiger charge is -2.29. The second kappa shape index (κ2) is 9.30. The van der Waals surface area contributed by atoms with Gasteiger partial charge in [0.15, 0.2) is 0 Å². The van der Waals surface area contributed by atoms with Crippen LogP contribution in [-0.4, -0.2) is 28.2 Å². The predicted molar refractivity (Wildman–Crippen MR) is 134 cm³/mol. The van der Waals surface area contributed by atoms with Gasteiger partial charge in [-0.15, -0.1) is 11.3 Å². The Hall–Kier alpha value is -3.65. The maximum absolute atomic E-state index is 13.5. The minimum absolute atomic E-state index is 0.121. The standard InChI is InChI=1S/C26H25N3O4S/c1-2-33-20-11-9-18(10-12-20)16-29-25(31)24-22(13-15-34-24)28(26(29)32)17-23(30)27-14-5-7-19-6-3-4-8-21(19)27/h3-4,6,8-13,15H,2,5,7,14,16-17H2,1H3. The Morgan fingerprint density at radius 3 is 2.62 bits per heavy atom. The number of carbonyl (C=O) groups excluding carboxylic acids is 1. The number of benzene rings is 2. The Morgan fingerprint density at radius 1 is 1.03 bits per heavy atom. The van der Waals surface area contributed by atoms with Gasteiger partial charge in [0.05, 0.1) is 18.7 Å². The van der Waals surface area contributed by atoms with Crippen molar-refractivity contribution in [2.45, 2.75) is 32.9 Å². The number of carbonyl (C=O) groups is 1. The van der Waals surface area contributed by atoms with Crippen LogP contribution in [0.1, 0.15) is 24.5 Å². The van der Waals surface area contributed by atoms with Gasteiger partial charge in [-0.25, -0.2) is 4.79 Å². The van der Waals surface area contributed by atoms with Crippen molar-refractivity contribution in [2.24, 2.45) is 0 Å². The number of amides is 1. The van der Waals surface area contributed by atoms with Crippen molar-refractivity contribution in [2.75, 3.05) is 18.1 Å². The van der Waals surface area contributed by atoms with Crippen LogP contribution in [0.4, 0.5) is 5.69 Å². The molecule has 0 unspecified atom stereocenters. The number of aromatic nitrogens is 2. The number of hydrogen-bond donors (Lipinski definition) is 0. The maximum atomic E-state index is 13.5. The highest BCUT2D eigenvalue weighted by molar-refractivity contribution is 7.17. The SMILES string of the molecule is CCOc1ccc(Cn2c(=O)c3sccc3n(CC(=O)N3CCCc4ccccc43)c2=O)cc1. The molecule has 1 aliphatic heterocycles. The molecular formula is C26H25N3O4S. The Balaban J connectivity index is 1.51. The Morgan fingerprint density at radius 2 is 1.82 bits per heavy atom. The van der Waals surface area contributed by atoms with E-state index in [0.717, 1.165) is 35.4 Å². The summed E-state index contributed by atoms with van der Waals surface area (Å²) in [4.78, 5) is 41.7. The third kappa shape index (κ3) is 4.05. The number of ether oxygens (including phenoxy) is 1. The van der Waals surface area contributed by atoms with Crippen molar-refractivity contribution in [3.63, 3.8) is 0 Å². The summed E-state index contributed by atoms with van der Waals surface area (Å²) >= 11 is 1.28. The highest BCUT2D eigenvalue weighted by Crippen LogP contribution is 2.27. The Kier molecular flexibility index (Phi) is 6.06. The highest BCUT2D eigenvalue weighted by Gasteiger charge is 2.24. The van der Waals surface area contributed by atoms with Gasteiger partial charge in [0.25, 0.3) is 5.56 Å². The lowest BCUT2D eigenvalue weighted by Crippen LogP contribution is -2.44. The zero-order chi connectivity index (χ0) is 23.7. The molecule has 0 fully saturated rings. The van der Waals surface area contributed by atoms with Gasteiger partial charge in [-0.2, -0.15) is 0 Å². The minimum atomic E-state index is -0.483. The number of rotatable bonds is 6. The molecule has 7 nitrogen and oxygen atoms in total. The van der Waals surface area contributed by atoms with E-state index in [1.165, 1.54) is 20.5 Å². The normalized spacial score (nSPS) is 13.1. The summed E-state index contributed by atoms with van der Waals surface area (Å²) in [5, 5.41) is 1.78. The molecule has 0 bridgehead atoms. The Labute approximate surface area is 200 Å². The van der Waals surface area contributed by atoms with Gasteiger partial charge >= 0.3 is 5.69 Å². The van der Waals surface area contributed by atoms with Crippen molar-refractivity contribution in [3.05, 3.63) is 91.9 Å². The van der Waals surface area contributed by atoms with E-state index in [4.69, 9.17) is 4.74 Å². The van der Waals surface area contributed by atoms with Crippen molar-refractivity contribution >= 4 is 33.1 Å². The van der Waals surface area contributed by atoms with E-state index in [2.05, 4.69) is 0 Å². The number of anilines is 1. The van der Waals surface area contributed by atoms with Crippen LogP contribution in [0.2, 0.25) is 0 Å². The minimum Gasteiger partial charge on any atom is -0.494 e. The molecule has 174 valence electrons. The monoisotopic (exact) mass is 475 g/mol. The zero-order valence-corrected chi connectivity index (χ0v) is 19.7. The van der Waals surface area contributed by atoms with Gasteiger partial charge < -0.3 is 9.64 Å². The lowest BCUT2D eigenvalue weighted by atomic mass is 10.0. The lowest BCUT2D eigenvalue weighted by molar-refractivity contribution is -0.119. The molecule has 0 radical (unpaired) electrons. The van der Waals surface area contributed by atoms with Crippen LogP contribution in [0.3, 0.4) is 0 Å². The van der Waals surface area contributed by atoms with Crippen LogP contribution in [0.5, 0.6) is 5.75 Å². The summed E-state index contributed by atoms with van der Waals surface area (Å²) in [6, 6.07) is 16.9. The molecule has 2 aromatic carbocycles. The second-order valence-corrected chi connectivity index (χ2v) is 9.17. The first-order valence-electron chi connectivity index (χ1n) is 11.4. The number of thiophene rings is 1. The Bertz CT molecular complexity index is 1470. The van der Waals surface area contributed by atoms with Gasteiger partial charge in [0.1, 0.15) is 17.0 Å². The first kappa shape index (κ1) is 22.2. The van der Waals surface area contributed by atoms with Gasteiger partial charge in [-0.05, 0) is 60.5 Å². The number of para-hydroxylation sites is 1. The number of aryl methyl sites for hydroxylation is 1. The van der Waals surface area contributed by atoms with E-state index in [0.29, 0.717) is 23.4 Å². The summed E-state index contributed by atoms with van der Waals surface area (Å²) in [6.45, 7) is 3.09. The van der Waals surface area contributed by atoms with Crippen molar-refractivity contribution in [3.8, 4) is 5.75 Å². The third-order valence-electron chi connectivity index (χ3n) is 6.12. The van der Waals surface area contributed by atoms with Crippen molar-refractivity contribution in [1.82, 2.24) is 9.13 Å². The summed E-state index contributed by atoms with van der Waals surface area (Å²) in [5.74, 6) is 0.574. The summed E-state index contributed by atoms with van der Waals surface area (Å²) < 4.78 is 8.59. The van der Waals surface area contributed by atoms with Gasteiger partial charge in [0, 0.05) is 12.2 Å². The average Bonchev–Trinajstić information content (AvgIpc) is 3.35. The van der Waals surface area contributed by atoms with Crippen molar-refractivity contribution < 1.29 is 9.53 Å². The molecule has 0 spiro atoms. The number of hydrogen-bond acceptors (Lipinski definition) is 5.